The third-order valence-corrected chi connectivity index (χ3v) is 1.66. The average molecular weight is 181 g/mol. The van der Waals surface area contributed by atoms with E-state index in [2.05, 4.69) is 5.32 Å². The van der Waals surface area contributed by atoms with Crippen LogP contribution in [0.4, 0.5) is 0 Å². The molecule has 0 bridgehead atoms. The summed E-state index contributed by atoms with van der Waals surface area (Å²) in [6, 6.07) is 0. The number of carboxylic acid groups (broad SMARTS) is 1. The van der Waals surface area contributed by atoms with Crippen LogP contribution in [0.5, 0.6) is 0 Å². The fourth-order valence-corrected chi connectivity index (χ4v) is 1.04. The lowest BCUT2D eigenvalue weighted by Crippen LogP contribution is -2.30. The van der Waals surface area contributed by atoms with Crippen LogP contribution in [-0.2, 0) is 9.59 Å². The molecule has 0 radical (unpaired) electrons. The molecule has 0 aromatic heterocycles. The summed E-state index contributed by atoms with van der Waals surface area (Å²) in [4.78, 5) is 21.3. The lowest BCUT2D eigenvalue weighted by Gasteiger charge is -2.05. The van der Waals surface area contributed by atoms with Gasteiger partial charge in [0.2, 0.25) is 0 Å². The first kappa shape index (κ1) is 9.51. The minimum absolute atomic E-state index is 0.321. The van der Waals surface area contributed by atoms with Gasteiger partial charge in [0.05, 0.1) is 0 Å². The zero-order valence-electron chi connectivity index (χ0n) is 7.12. The Hall–Kier alpha value is -1.58. The maximum Gasteiger partial charge on any atom is 0.322 e. The Morgan fingerprint density at radius 1 is 1.46 bits per heavy atom. The van der Waals surface area contributed by atoms with E-state index >= 15 is 0 Å². The van der Waals surface area contributed by atoms with Crippen LogP contribution in [0.1, 0.15) is 12.8 Å². The van der Waals surface area contributed by atoms with E-state index < -0.39 is 5.97 Å². The monoisotopic (exact) mass is 181 g/mol. The fourth-order valence-electron chi connectivity index (χ4n) is 1.04. The lowest BCUT2D eigenvalue weighted by molar-refractivity contribution is -0.137. The molecule has 2 N–H and O–H groups in total. The van der Waals surface area contributed by atoms with E-state index in [4.69, 9.17) is 5.11 Å². The molecular formula is C9H11NO3. The maximum atomic E-state index is 11.2. The number of rotatable bonds is 3. The van der Waals surface area contributed by atoms with E-state index in [-0.39, 0.29) is 12.5 Å². The molecule has 0 atom stereocenters. The molecule has 0 saturated heterocycles. The van der Waals surface area contributed by atoms with Crippen molar-refractivity contribution in [3.63, 3.8) is 0 Å². The largest absolute Gasteiger partial charge is 0.480 e. The summed E-state index contributed by atoms with van der Waals surface area (Å²) in [7, 11) is 0. The first-order chi connectivity index (χ1) is 6.20. The Labute approximate surface area is 75.9 Å². The van der Waals surface area contributed by atoms with E-state index in [9.17, 15) is 9.59 Å². The van der Waals surface area contributed by atoms with Crippen molar-refractivity contribution >= 4 is 11.9 Å². The van der Waals surface area contributed by atoms with Gasteiger partial charge in [0, 0.05) is 5.57 Å². The maximum absolute atomic E-state index is 11.2. The van der Waals surface area contributed by atoms with E-state index in [0.717, 1.165) is 12.8 Å². The van der Waals surface area contributed by atoms with Crippen molar-refractivity contribution in [2.24, 2.45) is 0 Å². The number of carbonyl (C=O) groups is 2. The number of hydrogen-bond acceptors (Lipinski definition) is 2. The molecule has 1 amide bonds. The van der Waals surface area contributed by atoms with Gasteiger partial charge in [-0.3, -0.25) is 9.59 Å². The molecule has 0 heterocycles. The van der Waals surface area contributed by atoms with Crippen molar-refractivity contribution in [1.82, 2.24) is 5.32 Å². The normalized spacial score (nSPS) is 14.9. The molecular weight excluding hydrogens is 170 g/mol. The van der Waals surface area contributed by atoms with Crippen LogP contribution in [0.25, 0.3) is 0 Å². The number of aliphatic carboxylic acids is 1. The topological polar surface area (TPSA) is 66.4 Å². The highest BCUT2D eigenvalue weighted by Gasteiger charge is 2.08. The zero-order chi connectivity index (χ0) is 9.68. The SMILES string of the molecule is O=C(O)CNC(=O)C1=CCCC=C1. The Morgan fingerprint density at radius 2 is 2.23 bits per heavy atom. The van der Waals surface area contributed by atoms with Crippen molar-refractivity contribution in [2.75, 3.05) is 6.54 Å². The molecule has 4 nitrogen and oxygen atoms in total. The summed E-state index contributed by atoms with van der Waals surface area (Å²) in [6.45, 7) is -0.329. The molecule has 0 unspecified atom stereocenters. The minimum atomic E-state index is -1.03. The van der Waals surface area contributed by atoms with E-state index in [1.54, 1.807) is 12.2 Å². The molecule has 0 aromatic rings. The van der Waals surface area contributed by atoms with Crippen LogP contribution in [-0.4, -0.2) is 23.5 Å². The second-order valence-electron chi connectivity index (χ2n) is 2.72. The first-order valence-electron chi connectivity index (χ1n) is 4.07. The van der Waals surface area contributed by atoms with Crippen molar-refractivity contribution in [3.05, 3.63) is 23.8 Å². The quantitative estimate of drug-likeness (QED) is 0.664. The highest BCUT2D eigenvalue weighted by molar-refractivity contribution is 5.97. The highest BCUT2D eigenvalue weighted by atomic mass is 16.4. The van der Waals surface area contributed by atoms with E-state index in [1.165, 1.54) is 0 Å². The summed E-state index contributed by atoms with van der Waals surface area (Å²) < 4.78 is 0. The molecule has 0 aromatic carbocycles. The van der Waals surface area contributed by atoms with Crippen molar-refractivity contribution in [3.8, 4) is 0 Å². The van der Waals surface area contributed by atoms with Gasteiger partial charge < -0.3 is 10.4 Å². The number of nitrogens with one attached hydrogen (secondary N) is 1. The van der Waals surface area contributed by atoms with Gasteiger partial charge in [0.15, 0.2) is 0 Å². The van der Waals surface area contributed by atoms with Crippen LogP contribution in [0.15, 0.2) is 23.8 Å². The third kappa shape index (κ3) is 3.11. The van der Waals surface area contributed by atoms with Gasteiger partial charge in [0.25, 0.3) is 5.91 Å². The van der Waals surface area contributed by atoms with Gasteiger partial charge in [0.1, 0.15) is 6.54 Å². The Balaban J connectivity index is 2.43. The summed E-state index contributed by atoms with van der Waals surface area (Å²) in [5.74, 6) is -1.35. The standard InChI is InChI=1S/C9H11NO3/c11-8(12)6-10-9(13)7-4-2-1-3-5-7/h2,4-5H,1,3,6H2,(H,10,13)(H,11,12). The van der Waals surface area contributed by atoms with Crippen molar-refractivity contribution in [1.29, 1.82) is 0 Å². The molecule has 0 fully saturated rings. The summed E-state index contributed by atoms with van der Waals surface area (Å²) in [5.41, 5.74) is 0.549. The zero-order valence-corrected chi connectivity index (χ0v) is 7.12. The fraction of sp³-hybridized carbons (Fsp3) is 0.333. The molecule has 0 aliphatic heterocycles. The summed E-state index contributed by atoms with van der Waals surface area (Å²) in [6.07, 6.45) is 7.19. The number of carboxylic acids is 1. The second kappa shape index (κ2) is 4.45. The predicted molar refractivity (Wildman–Crippen MR) is 47.1 cm³/mol. The number of carbonyl (C=O) groups excluding carboxylic acids is 1. The molecule has 13 heavy (non-hydrogen) atoms. The first-order valence-corrected chi connectivity index (χ1v) is 4.07. The highest BCUT2D eigenvalue weighted by Crippen LogP contribution is 2.08. The van der Waals surface area contributed by atoms with Gasteiger partial charge in [-0.2, -0.15) is 0 Å². The van der Waals surface area contributed by atoms with Crippen molar-refractivity contribution < 1.29 is 14.7 Å². The molecule has 0 saturated carbocycles. The summed E-state index contributed by atoms with van der Waals surface area (Å²) in [5, 5.41) is 10.6. The Morgan fingerprint density at radius 3 is 2.77 bits per heavy atom. The molecule has 70 valence electrons. The van der Waals surface area contributed by atoms with Gasteiger partial charge in [-0.15, -0.1) is 0 Å². The molecule has 1 rings (SSSR count). The Kier molecular flexibility index (Phi) is 3.25. The third-order valence-electron chi connectivity index (χ3n) is 1.66. The molecule has 1 aliphatic carbocycles. The van der Waals surface area contributed by atoms with Crippen LogP contribution in [0.2, 0.25) is 0 Å². The van der Waals surface area contributed by atoms with Gasteiger partial charge >= 0.3 is 5.97 Å². The van der Waals surface area contributed by atoms with Gasteiger partial charge in [-0.05, 0) is 12.8 Å². The number of hydrogen-bond donors (Lipinski definition) is 2. The Bertz CT molecular complexity index is 279. The van der Waals surface area contributed by atoms with E-state index in [1.807, 2.05) is 6.08 Å². The molecule has 0 spiro atoms. The van der Waals surface area contributed by atoms with Crippen LogP contribution < -0.4 is 5.32 Å². The summed E-state index contributed by atoms with van der Waals surface area (Å²) >= 11 is 0. The lowest BCUT2D eigenvalue weighted by atomic mass is 10.1. The second-order valence-corrected chi connectivity index (χ2v) is 2.72. The average Bonchev–Trinajstić information content (AvgIpc) is 2.15. The molecule has 4 heteroatoms. The van der Waals surface area contributed by atoms with Gasteiger partial charge in [-0.1, -0.05) is 18.2 Å². The van der Waals surface area contributed by atoms with Crippen LogP contribution in [0.3, 0.4) is 0 Å². The smallest absolute Gasteiger partial charge is 0.322 e. The van der Waals surface area contributed by atoms with Gasteiger partial charge in [-0.25, -0.2) is 0 Å². The van der Waals surface area contributed by atoms with Crippen LogP contribution in [0, 0.1) is 0 Å². The number of amides is 1. The number of allylic oxidation sites excluding steroid dienone is 2. The predicted octanol–water partition coefficient (Wildman–Crippen LogP) is 0.464. The van der Waals surface area contributed by atoms with Crippen LogP contribution >= 0.6 is 0 Å². The van der Waals surface area contributed by atoms with E-state index in [0.29, 0.717) is 5.57 Å². The minimum Gasteiger partial charge on any atom is -0.480 e. The van der Waals surface area contributed by atoms with Crippen molar-refractivity contribution in [2.45, 2.75) is 12.8 Å². The molecule has 1 aliphatic rings.